The van der Waals surface area contributed by atoms with Gasteiger partial charge < -0.3 is 0 Å². The second kappa shape index (κ2) is 16.1. The maximum atomic E-state index is 5.14. The summed E-state index contributed by atoms with van der Waals surface area (Å²) in [6.45, 7) is 0. The Kier molecular flexibility index (Phi) is 9.77. The molecule has 10 aromatic rings. The maximum Gasteiger partial charge on any atom is 0.164 e. The Morgan fingerprint density at radius 3 is 1.24 bits per heavy atom. The monoisotopic (exact) mass is 772 g/mol. The van der Waals surface area contributed by atoms with Crippen LogP contribution >= 0.6 is 11.3 Å². The largest absolute Gasteiger partial charge is 0.236 e. The van der Waals surface area contributed by atoms with Gasteiger partial charge >= 0.3 is 0 Å². The predicted octanol–water partition coefficient (Wildman–Crippen LogP) is 13.8. The lowest BCUT2D eigenvalue weighted by atomic mass is 9.85. The van der Waals surface area contributed by atoms with Gasteiger partial charge in [-0.05, 0) is 80.9 Å². The SMILES string of the molecule is c1ccc(C(=C(c2ccccc2)c2cccc(-c3cc(-c4nc(-c5ccccc5)nc(-c5ccccc5)n4)cc(-c4nc5ccccc5s4)c3)c2)c2ccccc2)cc1. The van der Waals surface area contributed by atoms with Gasteiger partial charge in [0.1, 0.15) is 5.01 Å². The zero-order valence-corrected chi connectivity index (χ0v) is 32.8. The van der Waals surface area contributed by atoms with E-state index in [0.717, 1.165) is 76.4 Å². The Balaban J connectivity index is 1.20. The van der Waals surface area contributed by atoms with Crippen molar-refractivity contribution in [1.29, 1.82) is 0 Å². The van der Waals surface area contributed by atoms with Gasteiger partial charge in [0, 0.05) is 22.3 Å². The van der Waals surface area contributed by atoms with E-state index >= 15 is 0 Å². The molecule has 10 rings (SSSR count). The summed E-state index contributed by atoms with van der Waals surface area (Å²) in [4.78, 5) is 20.4. The first-order valence-corrected chi connectivity index (χ1v) is 20.4. The van der Waals surface area contributed by atoms with Crippen molar-refractivity contribution in [2.45, 2.75) is 0 Å². The van der Waals surface area contributed by atoms with Gasteiger partial charge in [-0.2, -0.15) is 0 Å². The van der Waals surface area contributed by atoms with Crippen LogP contribution in [-0.4, -0.2) is 19.9 Å². The fourth-order valence-electron chi connectivity index (χ4n) is 7.56. The van der Waals surface area contributed by atoms with Crippen LogP contribution < -0.4 is 0 Å². The molecule has 2 aromatic heterocycles. The third-order valence-electron chi connectivity index (χ3n) is 10.4. The third-order valence-corrected chi connectivity index (χ3v) is 11.4. The molecule has 0 aliphatic heterocycles. The van der Waals surface area contributed by atoms with Crippen molar-refractivity contribution in [3.8, 4) is 55.9 Å². The summed E-state index contributed by atoms with van der Waals surface area (Å²) in [5.41, 5.74) is 13.7. The Bertz CT molecular complexity index is 2940. The van der Waals surface area contributed by atoms with E-state index in [1.807, 2.05) is 66.7 Å². The van der Waals surface area contributed by atoms with Crippen molar-refractivity contribution < 1.29 is 0 Å². The summed E-state index contributed by atoms with van der Waals surface area (Å²) in [6, 6.07) is 76.1. The number of hydrogen-bond acceptors (Lipinski definition) is 5. The van der Waals surface area contributed by atoms with Crippen molar-refractivity contribution in [2.24, 2.45) is 0 Å². The number of nitrogens with zero attached hydrogens (tertiary/aromatic N) is 4. The zero-order chi connectivity index (χ0) is 39.4. The highest BCUT2D eigenvalue weighted by Crippen LogP contribution is 2.40. The molecule has 0 spiro atoms. The minimum absolute atomic E-state index is 0.596. The fraction of sp³-hybridized carbons (Fsp3) is 0. The lowest BCUT2D eigenvalue weighted by Crippen LogP contribution is -2.00. The van der Waals surface area contributed by atoms with Crippen molar-refractivity contribution in [3.63, 3.8) is 0 Å². The average Bonchev–Trinajstić information content (AvgIpc) is 3.77. The Hall–Kier alpha value is -7.60. The minimum Gasteiger partial charge on any atom is -0.236 e. The Morgan fingerprint density at radius 2 is 0.695 bits per heavy atom. The Labute approximate surface area is 347 Å². The van der Waals surface area contributed by atoms with Gasteiger partial charge in [0.2, 0.25) is 0 Å². The lowest BCUT2D eigenvalue weighted by molar-refractivity contribution is 1.07. The summed E-state index contributed by atoms with van der Waals surface area (Å²) in [6.07, 6.45) is 0. The number of para-hydroxylation sites is 1. The predicted molar refractivity (Wildman–Crippen MR) is 245 cm³/mol. The van der Waals surface area contributed by atoms with Crippen LogP contribution in [0, 0.1) is 0 Å². The van der Waals surface area contributed by atoms with Gasteiger partial charge in [-0.25, -0.2) is 19.9 Å². The van der Waals surface area contributed by atoms with E-state index in [9.17, 15) is 0 Å². The van der Waals surface area contributed by atoms with Gasteiger partial charge in [0.05, 0.1) is 10.2 Å². The molecule has 0 fully saturated rings. The molecule has 59 heavy (non-hydrogen) atoms. The molecule has 0 saturated heterocycles. The summed E-state index contributed by atoms with van der Waals surface area (Å²) in [7, 11) is 0. The number of benzene rings is 8. The van der Waals surface area contributed by atoms with Gasteiger partial charge in [-0.1, -0.05) is 182 Å². The highest BCUT2D eigenvalue weighted by Gasteiger charge is 2.19. The molecule has 0 unspecified atom stereocenters. The van der Waals surface area contributed by atoms with E-state index < -0.39 is 0 Å². The molecular weight excluding hydrogens is 737 g/mol. The molecule has 0 saturated carbocycles. The van der Waals surface area contributed by atoms with Gasteiger partial charge in [0.15, 0.2) is 17.5 Å². The minimum atomic E-state index is 0.596. The highest BCUT2D eigenvalue weighted by atomic mass is 32.1. The number of thiazole rings is 1. The van der Waals surface area contributed by atoms with Crippen LogP contribution in [0.3, 0.4) is 0 Å². The normalized spacial score (nSPS) is 11.1. The van der Waals surface area contributed by atoms with E-state index in [0.29, 0.717) is 17.5 Å². The van der Waals surface area contributed by atoms with Crippen LogP contribution in [0.25, 0.3) is 77.2 Å². The van der Waals surface area contributed by atoms with E-state index in [-0.39, 0.29) is 0 Å². The standard InChI is InChI=1S/C54H36N4S/c1-6-19-37(20-7-1)49(38-21-8-2-9-22-38)50(39-23-10-3-11-24-39)43-30-18-29-42(33-43)44-34-45(36-46(35-44)54-55-47-31-16-17-32-48(47)59-54)53-57-51(40-25-12-4-13-26-40)56-52(58-53)41-27-14-5-15-28-41/h1-36H. The zero-order valence-electron chi connectivity index (χ0n) is 32.0. The molecule has 2 heterocycles. The smallest absolute Gasteiger partial charge is 0.164 e. The van der Waals surface area contributed by atoms with Crippen LogP contribution in [0.4, 0.5) is 0 Å². The van der Waals surface area contributed by atoms with Crippen LogP contribution in [0.15, 0.2) is 218 Å². The van der Waals surface area contributed by atoms with E-state index in [2.05, 4.69) is 152 Å². The van der Waals surface area contributed by atoms with E-state index in [1.54, 1.807) is 11.3 Å². The molecular formula is C54H36N4S. The quantitative estimate of drug-likeness (QED) is 0.137. The third kappa shape index (κ3) is 7.51. The number of aromatic nitrogens is 4. The second-order valence-electron chi connectivity index (χ2n) is 14.3. The number of rotatable bonds is 9. The lowest BCUT2D eigenvalue weighted by Gasteiger charge is -2.19. The summed E-state index contributed by atoms with van der Waals surface area (Å²) in [5, 5.41) is 0.936. The fourth-order valence-corrected chi connectivity index (χ4v) is 8.51. The van der Waals surface area contributed by atoms with Crippen molar-refractivity contribution in [1.82, 2.24) is 19.9 Å². The van der Waals surface area contributed by atoms with Gasteiger partial charge in [0.25, 0.3) is 0 Å². The van der Waals surface area contributed by atoms with Crippen LogP contribution in [0.5, 0.6) is 0 Å². The van der Waals surface area contributed by atoms with E-state index in [1.165, 1.54) is 5.57 Å². The topological polar surface area (TPSA) is 51.6 Å². The van der Waals surface area contributed by atoms with Crippen molar-refractivity contribution >= 4 is 32.7 Å². The molecule has 0 radical (unpaired) electrons. The first-order valence-electron chi connectivity index (χ1n) is 19.6. The summed E-state index contributed by atoms with van der Waals surface area (Å²) in [5.74, 6) is 1.84. The van der Waals surface area contributed by atoms with Gasteiger partial charge in [-0.15, -0.1) is 11.3 Å². The molecule has 278 valence electrons. The van der Waals surface area contributed by atoms with Crippen LogP contribution in [-0.2, 0) is 0 Å². The molecule has 0 aliphatic rings. The summed E-state index contributed by atoms with van der Waals surface area (Å²) >= 11 is 1.69. The molecule has 0 N–H and O–H groups in total. The molecule has 0 atom stereocenters. The molecule has 5 heteroatoms. The van der Waals surface area contributed by atoms with Crippen LogP contribution in [0.1, 0.15) is 22.3 Å². The first-order chi connectivity index (χ1) is 29.2. The number of fused-ring (bicyclic) bond motifs is 1. The Morgan fingerprint density at radius 1 is 0.288 bits per heavy atom. The molecule has 0 amide bonds. The average molecular weight is 773 g/mol. The summed E-state index contributed by atoms with van der Waals surface area (Å²) < 4.78 is 1.14. The van der Waals surface area contributed by atoms with Crippen molar-refractivity contribution in [2.75, 3.05) is 0 Å². The molecule has 8 aromatic carbocycles. The van der Waals surface area contributed by atoms with Gasteiger partial charge in [-0.3, -0.25) is 0 Å². The number of hydrogen-bond donors (Lipinski definition) is 0. The first kappa shape index (κ1) is 35.8. The van der Waals surface area contributed by atoms with Crippen molar-refractivity contribution in [3.05, 3.63) is 241 Å². The second-order valence-corrected chi connectivity index (χ2v) is 15.3. The molecule has 0 aliphatic carbocycles. The molecule has 0 bridgehead atoms. The maximum absolute atomic E-state index is 5.14. The highest BCUT2D eigenvalue weighted by molar-refractivity contribution is 7.21. The van der Waals surface area contributed by atoms with E-state index in [4.69, 9.17) is 19.9 Å². The molecule has 4 nitrogen and oxygen atoms in total. The van der Waals surface area contributed by atoms with Crippen LogP contribution in [0.2, 0.25) is 0 Å².